The van der Waals surface area contributed by atoms with Gasteiger partial charge in [0.1, 0.15) is 5.75 Å². The van der Waals surface area contributed by atoms with Gasteiger partial charge < -0.3 is 20.3 Å². The van der Waals surface area contributed by atoms with Crippen LogP contribution in [0.15, 0.2) is 36.4 Å². The van der Waals surface area contributed by atoms with E-state index in [1.807, 2.05) is 12.1 Å². The van der Waals surface area contributed by atoms with Gasteiger partial charge in [0.15, 0.2) is 0 Å². The SMILES string of the molecule is CCCN(Cc1ccccc1OC(F)F)C1CCNCC1.O=C(O)C=CC(=O)O. The van der Waals surface area contributed by atoms with Crippen molar-refractivity contribution < 1.29 is 33.3 Å². The number of nitrogens with one attached hydrogen (secondary N) is 1. The Kier molecular flexibility index (Phi) is 11.5. The number of benzene rings is 1. The van der Waals surface area contributed by atoms with E-state index < -0.39 is 18.6 Å². The Hall–Kier alpha value is -2.52. The van der Waals surface area contributed by atoms with E-state index >= 15 is 0 Å². The molecule has 7 nitrogen and oxygen atoms in total. The molecule has 0 amide bonds. The van der Waals surface area contributed by atoms with Gasteiger partial charge in [-0.15, -0.1) is 0 Å². The molecule has 1 fully saturated rings. The molecule has 1 aromatic rings. The van der Waals surface area contributed by atoms with Crippen molar-refractivity contribution in [3.05, 3.63) is 42.0 Å². The molecule has 29 heavy (non-hydrogen) atoms. The van der Waals surface area contributed by atoms with Gasteiger partial charge in [-0.1, -0.05) is 25.1 Å². The minimum atomic E-state index is -2.77. The number of halogens is 2. The smallest absolute Gasteiger partial charge is 0.387 e. The highest BCUT2D eigenvalue weighted by Crippen LogP contribution is 2.24. The summed E-state index contributed by atoms with van der Waals surface area (Å²) >= 11 is 0. The maximum atomic E-state index is 12.5. The number of ether oxygens (including phenoxy) is 1. The van der Waals surface area contributed by atoms with Crippen molar-refractivity contribution in [2.45, 2.75) is 45.4 Å². The first-order valence-corrected chi connectivity index (χ1v) is 9.44. The van der Waals surface area contributed by atoms with E-state index in [-0.39, 0.29) is 0 Å². The van der Waals surface area contributed by atoms with Gasteiger partial charge in [0, 0.05) is 30.3 Å². The predicted octanol–water partition coefficient (Wildman–Crippen LogP) is 2.96. The summed E-state index contributed by atoms with van der Waals surface area (Å²) in [5.41, 5.74) is 0.838. The van der Waals surface area contributed by atoms with Gasteiger partial charge in [0.2, 0.25) is 0 Å². The molecule has 1 aromatic carbocycles. The third-order valence-corrected chi connectivity index (χ3v) is 4.27. The second-order valence-electron chi connectivity index (χ2n) is 6.45. The van der Waals surface area contributed by atoms with E-state index in [0.717, 1.165) is 44.5 Å². The fourth-order valence-electron chi connectivity index (χ4n) is 3.06. The first kappa shape index (κ1) is 24.5. The molecule has 2 rings (SSSR count). The Bertz CT molecular complexity index is 648. The number of aliphatic carboxylic acids is 2. The summed E-state index contributed by atoms with van der Waals surface area (Å²) in [6.45, 7) is 3.08. The first-order valence-electron chi connectivity index (χ1n) is 9.44. The van der Waals surface area contributed by atoms with Crippen molar-refractivity contribution in [1.82, 2.24) is 10.2 Å². The van der Waals surface area contributed by atoms with E-state index in [9.17, 15) is 18.4 Å². The Labute approximate surface area is 169 Å². The zero-order valence-corrected chi connectivity index (χ0v) is 16.4. The van der Waals surface area contributed by atoms with E-state index in [0.29, 0.717) is 30.5 Å². The Morgan fingerprint density at radius 2 is 1.79 bits per heavy atom. The minimum Gasteiger partial charge on any atom is -0.478 e. The van der Waals surface area contributed by atoms with Gasteiger partial charge in [0.05, 0.1) is 0 Å². The Morgan fingerprint density at radius 1 is 1.21 bits per heavy atom. The van der Waals surface area contributed by atoms with Crippen molar-refractivity contribution in [3.63, 3.8) is 0 Å². The number of hydrogen-bond donors (Lipinski definition) is 3. The summed E-state index contributed by atoms with van der Waals surface area (Å²) in [6.07, 6.45) is 4.39. The number of para-hydroxylation sites is 1. The summed E-state index contributed by atoms with van der Waals surface area (Å²) in [5, 5.41) is 19.0. The van der Waals surface area contributed by atoms with Crippen molar-refractivity contribution >= 4 is 11.9 Å². The molecule has 1 saturated heterocycles. The van der Waals surface area contributed by atoms with Crippen LogP contribution in [-0.2, 0) is 16.1 Å². The molecule has 0 spiro atoms. The molecule has 3 N–H and O–H groups in total. The van der Waals surface area contributed by atoms with Crippen LogP contribution in [-0.4, -0.2) is 59.3 Å². The first-order chi connectivity index (χ1) is 13.8. The number of alkyl halides is 2. The highest BCUT2D eigenvalue weighted by Gasteiger charge is 2.21. The zero-order valence-electron chi connectivity index (χ0n) is 16.4. The number of carboxylic acids is 2. The quantitative estimate of drug-likeness (QED) is 0.534. The fourth-order valence-corrected chi connectivity index (χ4v) is 3.06. The topological polar surface area (TPSA) is 99.1 Å². The molecule has 1 heterocycles. The minimum absolute atomic E-state index is 0.294. The van der Waals surface area contributed by atoms with Gasteiger partial charge >= 0.3 is 18.6 Å². The third kappa shape index (κ3) is 10.6. The largest absolute Gasteiger partial charge is 0.478 e. The highest BCUT2D eigenvalue weighted by molar-refractivity contribution is 5.89. The summed E-state index contributed by atoms with van der Waals surface area (Å²) in [6, 6.07) is 7.62. The summed E-state index contributed by atoms with van der Waals surface area (Å²) in [4.78, 5) is 21.5. The molecule has 0 unspecified atom stereocenters. The molecule has 162 valence electrons. The van der Waals surface area contributed by atoms with Gasteiger partial charge in [-0.2, -0.15) is 8.78 Å². The van der Waals surface area contributed by atoms with Crippen molar-refractivity contribution in [2.24, 2.45) is 0 Å². The lowest BCUT2D eigenvalue weighted by atomic mass is 10.0. The summed E-state index contributed by atoms with van der Waals surface area (Å²) in [7, 11) is 0. The van der Waals surface area contributed by atoms with Gasteiger partial charge in [-0.05, 0) is 45.0 Å². The summed E-state index contributed by atoms with van der Waals surface area (Å²) in [5.74, 6) is -2.22. The number of nitrogens with zero attached hydrogens (tertiary/aromatic N) is 1. The number of hydrogen-bond acceptors (Lipinski definition) is 5. The van der Waals surface area contributed by atoms with Crippen LogP contribution in [0.4, 0.5) is 8.78 Å². The molecule has 0 saturated carbocycles. The molecule has 0 aliphatic carbocycles. The van der Waals surface area contributed by atoms with Crippen LogP contribution >= 0.6 is 0 Å². The second kappa shape index (κ2) is 13.6. The standard InChI is InChI=1S/C16H24F2N2O.C4H4O4/c1-2-11-20(14-7-9-19-10-8-14)12-13-5-3-4-6-15(13)21-16(17)18;5-3(6)1-2-4(7)8/h3-6,14,16,19H,2,7-12H2,1H3;1-2H,(H,5,6)(H,7,8). The van der Waals surface area contributed by atoms with E-state index in [2.05, 4.69) is 21.9 Å². The van der Waals surface area contributed by atoms with Crippen LogP contribution in [0.1, 0.15) is 31.7 Å². The lowest BCUT2D eigenvalue weighted by Gasteiger charge is -2.34. The third-order valence-electron chi connectivity index (χ3n) is 4.27. The van der Waals surface area contributed by atoms with Crippen LogP contribution in [0.5, 0.6) is 5.75 Å². The molecular weight excluding hydrogens is 386 g/mol. The number of carbonyl (C=O) groups is 2. The Balaban J connectivity index is 0.000000447. The highest BCUT2D eigenvalue weighted by atomic mass is 19.3. The molecular formula is C20H28F2N2O5. The molecule has 1 aliphatic heterocycles. The molecule has 1 aliphatic rings. The normalized spacial score (nSPS) is 14.7. The lowest BCUT2D eigenvalue weighted by Crippen LogP contribution is -2.43. The van der Waals surface area contributed by atoms with Crippen LogP contribution in [0, 0.1) is 0 Å². The average molecular weight is 414 g/mol. The van der Waals surface area contributed by atoms with E-state index in [1.54, 1.807) is 12.1 Å². The van der Waals surface area contributed by atoms with E-state index in [4.69, 9.17) is 10.2 Å². The van der Waals surface area contributed by atoms with Gasteiger partial charge in [-0.25, -0.2) is 9.59 Å². The monoisotopic (exact) mass is 414 g/mol. The van der Waals surface area contributed by atoms with Crippen LogP contribution in [0.3, 0.4) is 0 Å². The summed E-state index contributed by atoms with van der Waals surface area (Å²) < 4.78 is 29.6. The van der Waals surface area contributed by atoms with Gasteiger partial charge in [0.25, 0.3) is 0 Å². The number of rotatable bonds is 9. The van der Waals surface area contributed by atoms with E-state index in [1.165, 1.54) is 0 Å². The maximum Gasteiger partial charge on any atom is 0.387 e. The van der Waals surface area contributed by atoms with Crippen molar-refractivity contribution in [2.75, 3.05) is 19.6 Å². The molecule has 9 heteroatoms. The zero-order chi connectivity index (χ0) is 21.6. The molecule has 0 bridgehead atoms. The maximum absolute atomic E-state index is 12.5. The van der Waals surface area contributed by atoms with Crippen LogP contribution in [0.2, 0.25) is 0 Å². The molecule has 0 radical (unpaired) electrons. The fraction of sp³-hybridized carbons (Fsp3) is 0.500. The second-order valence-corrected chi connectivity index (χ2v) is 6.45. The molecule has 0 atom stereocenters. The number of carboxylic acid groups (broad SMARTS) is 2. The Morgan fingerprint density at radius 3 is 2.31 bits per heavy atom. The van der Waals surface area contributed by atoms with Crippen LogP contribution < -0.4 is 10.1 Å². The predicted molar refractivity (Wildman–Crippen MR) is 104 cm³/mol. The number of piperidine rings is 1. The average Bonchev–Trinajstić information content (AvgIpc) is 2.68. The van der Waals surface area contributed by atoms with Crippen molar-refractivity contribution in [3.8, 4) is 5.75 Å². The molecule has 0 aromatic heterocycles. The lowest BCUT2D eigenvalue weighted by molar-refractivity contribution is -0.134. The van der Waals surface area contributed by atoms with Crippen LogP contribution in [0.25, 0.3) is 0 Å². The van der Waals surface area contributed by atoms with Gasteiger partial charge in [-0.3, -0.25) is 4.90 Å². The van der Waals surface area contributed by atoms with Crippen molar-refractivity contribution in [1.29, 1.82) is 0 Å².